The number of hydrogen-bond donors (Lipinski definition) is 0. The van der Waals surface area contributed by atoms with E-state index in [1.165, 1.54) is 12.1 Å². The van der Waals surface area contributed by atoms with E-state index in [0.717, 1.165) is 28.8 Å². The summed E-state index contributed by atoms with van der Waals surface area (Å²) >= 11 is 5.81. The third-order valence-corrected chi connectivity index (χ3v) is 2.97. The minimum Gasteiger partial charge on any atom is -0.166 e. The Labute approximate surface area is 108 Å². The Morgan fingerprint density at radius 3 is 2.06 bits per heavy atom. The molecular weight excluding hydrogens is 261 g/mol. The minimum atomic E-state index is -4.30. The highest BCUT2D eigenvalue weighted by molar-refractivity contribution is 6.17. The van der Waals surface area contributed by atoms with Gasteiger partial charge in [0.2, 0.25) is 0 Å². The molecule has 0 atom stereocenters. The highest BCUT2D eigenvalue weighted by atomic mass is 35.5. The molecule has 0 aliphatic heterocycles. The van der Waals surface area contributed by atoms with E-state index in [1.807, 2.05) is 24.3 Å². The second-order valence-corrected chi connectivity index (χ2v) is 4.13. The smallest absolute Gasteiger partial charge is 0.166 e. The van der Waals surface area contributed by atoms with Crippen molar-refractivity contribution in [1.82, 2.24) is 0 Å². The van der Waals surface area contributed by atoms with Crippen LogP contribution in [0.1, 0.15) is 11.1 Å². The predicted octanol–water partition coefficient (Wildman–Crippen LogP) is 5.11. The van der Waals surface area contributed by atoms with Crippen LogP contribution >= 0.6 is 11.6 Å². The molecule has 0 aliphatic carbocycles. The second kappa shape index (κ2) is 5.02. The summed E-state index contributed by atoms with van der Waals surface area (Å²) in [7, 11) is 0. The van der Waals surface area contributed by atoms with Gasteiger partial charge >= 0.3 is 6.18 Å². The van der Waals surface area contributed by atoms with Gasteiger partial charge in [0.15, 0.2) is 0 Å². The van der Waals surface area contributed by atoms with E-state index in [-0.39, 0.29) is 0 Å². The van der Waals surface area contributed by atoms with Gasteiger partial charge < -0.3 is 0 Å². The molecule has 4 heteroatoms. The zero-order valence-corrected chi connectivity index (χ0v) is 10.1. The van der Waals surface area contributed by atoms with Crippen LogP contribution < -0.4 is 0 Å². The largest absolute Gasteiger partial charge is 0.416 e. The quantitative estimate of drug-likeness (QED) is 0.665. The molecule has 0 bridgehead atoms. The first-order valence-electron chi connectivity index (χ1n) is 5.34. The van der Waals surface area contributed by atoms with Crippen molar-refractivity contribution in [3.63, 3.8) is 0 Å². The average Bonchev–Trinajstić information content (AvgIpc) is 2.38. The third kappa shape index (κ3) is 2.67. The molecule has 0 nitrogen and oxygen atoms in total. The Bertz CT molecular complexity index is 529. The van der Waals surface area contributed by atoms with Crippen LogP contribution in [0.3, 0.4) is 0 Å². The summed E-state index contributed by atoms with van der Waals surface area (Å²) in [5.74, 6) is 0.331. The van der Waals surface area contributed by atoms with Gasteiger partial charge in [-0.05, 0) is 28.8 Å². The van der Waals surface area contributed by atoms with E-state index in [9.17, 15) is 13.2 Å². The Hall–Kier alpha value is -1.48. The van der Waals surface area contributed by atoms with E-state index < -0.39 is 11.7 Å². The molecule has 2 aromatic carbocycles. The summed E-state index contributed by atoms with van der Waals surface area (Å²) in [6.07, 6.45) is -4.30. The summed E-state index contributed by atoms with van der Waals surface area (Å²) in [6.45, 7) is 0. The van der Waals surface area contributed by atoms with Crippen molar-refractivity contribution in [3.8, 4) is 11.1 Å². The lowest BCUT2D eigenvalue weighted by molar-refractivity contribution is -0.137. The predicted molar refractivity (Wildman–Crippen MR) is 66.4 cm³/mol. The molecule has 0 aromatic heterocycles. The van der Waals surface area contributed by atoms with E-state index in [4.69, 9.17) is 11.6 Å². The Morgan fingerprint density at radius 1 is 0.889 bits per heavy atom. The van der Waals surface area contributed by atoms with Crippen LogP contribution in [0.4, 0.5) is 13.2 Å². The summed E-state index contributed by atoms with van der Waals surface area (Å²) in [5, 5.41) is 0. The standard InChI is InChI=1S/C14H10ClF3/c15-9-11-3-1-2-4-13(11)10-5-7-12(8-6-10)14(16,17)18/h1-8H,9H2. The van der Waals surface area contributed by atoms with Gasteiger partial charge in [-0.3, -0.25) is 0 Å². The molecule has 0 saturated carbocycles. The lowest BCUT2D eigenvalue weighted by Crippen LogP contribution is -2.04. The van der Waals surface area contributed by atoms with Crippen LogP contribution in [0.5, 0.6) is 0 Å². The van der Waals surface area contributed by atoms with Crippen LogP contribution in [-0.4, -0.2) is 0 Å². The molecule has 2 aromatic rings. The maximum Gasteiger partial charge on any atom is 0.416 e. The Kier molecular flexibility index (Phi) is 3.62. The van der Waals surface area contributed by atoms with Crippen LogP contribution in [0.15, 0.2) is 48.5 Å². The zero-order valence-electron chi connectivity index (χ0n) is 9.34. The van der Waals surface area contributed by atoms with Gasteiger partial charge in [0.25, 0.3) is 0 Å². The van der Waals surface area contributed by atoms with Gasteiger partial charge in [0.1, 0.15) is 0 Å². The van der Waals surface area contributed by atoms with Gasteiger partial charge in [-0.2, -0.15) is 13.2 Å². The molecular formula is C14H10ClF3. The summed E-state index contributed by atoms with van der Waals surface area (Å²) < 4.78 is 37.3. The number of benzene rings is 2. The summed E-state index contributed by atoms with van der Waals surface area (Å²) in [4.78, 5) is 0. The summed E-state index contributed by atoms with van der Waals surface area (Å²) in [5.41, 5.74) is 1.86. The van der Waals surface area contributed by atoms with Crippen LogP contribution in [0, 0.1) is 0 Å². The summed E-state index contributed by atoms with van der Waals surface area (Å²) in [6, 6.07) is 12.5. The highest BCUT2D eigenvalue weighted by Crippen LogP contribution is 2.32. The van der Waals surface area contributed by atoms with Gasteiger partial charge in [-0.1, -0.05) is 36.4 Å². The van der Waals surface area contributed by atoms with Gasteiger partial charge in [0.05, 0.1) is 5.56 Å². The maximum absolute atomic E-state index is 12.4. The lowest BCUT2D eigenvalue weighted by atomic mass is 9.99. The fraction of sp³-hybridized carbons (Fsp3) is 0.143. The van der Waals surface area contributed by atoms with Gasteiger partial charge in [0, 0.05) is 5.88 Å². The Balaban J connectivity index is 2.41. The molecule has 0 amide bonds. The number of alkyl halides is 4. The molecule has 0 fully saturated rings. The van der Waals surface area contributed by atoms with Crippen molar-refractivity contribution in [2.75, 3.05) is 0 Å². The molecule has 18 heavy (non-hydrogen) atoms. The van der Waals surface area contributed by atoms with Crippen LogP contribution in [-0.2, 0) is 12.1 Å². The lowest BCUT2D eigenvalue weighted by Gasteiger charge is -2.10. The average molecular weight is 271 g/mol. The normalized spacial score (nSPS) is 11.6. The Morgan fingerprint density at radius 2 is 1.50 bits per heavy atom. The fourth-order valence-electron chi connectivity index (χ4n) is 1.76. The van der Waals surface area contributed by atoms with Crippen molar-refractivity contribution in [2.45, 2.75) is 12.1 Å². The first-order chi connectivity index (χ1) is 8.52. The molecule has 0 spiro atoms. The molecule has 0 radical (unpaired) electrons. The second-order valence-electron chi connectivity index (χ2n) is 3.87. The van der Waals surface area contributed by atoms with Crippen LogP contribution in [0.2, 0.25) is 0 Å². The topological polar surface area (TPSA) is 0 Å². The molecule has 0 unspecified atom stereocenters. The monoisotopic (exact) mass is 270 g/mol. The molecule has 94 valence electrons. The van der Waals surface area contributed by atoms with Crippen molar-refractivity contribution < 1.29 is 13.2 Å². The van der Waals surface area contributed by atoms with Crippen molar-refractivity contribution in [2.24, 2.45) is 0 Å². The molecule has 2 rings (SSSR count). The van der Waals surface area contributed by atoms with Crippen molar-refractivity contribution in [1.29, 1.82) is 0 Å². The van der Waals surface area contributed by atoms with E-state index in [0.29, 0.717) is 5.88 Å². The van der Waals surface area contributed by atoms with Gasteiger partial charge in [-0.25, -0.2) is 0 Å². The molecule has 0 aliphatic rings. The van der Waals surface area contributed by atoms with E-state index >= 15 is 0 Å². The number of hydrogen-bond acceptors (Lipinski definition) is 0. The first-order valence-corrected chi connectivity index (χ1v) is 5.87. The highest BCUT2D eigenvalue weighted by Gasteiger charge is 2.29. The van der Waals surface area contributed by atoms with Crippen LogP contribution in [0.25, 0.3) is 11.1 Å². The minimum absolute atomic E-state index is 0.331. The van der Waals surface area contributed by atoms with Crippen molar-refractivity contribution >= 4 is 11.6 Å². The molecule has 0 saturated heterocycles. The van der Waals surface area contributed by atoms with Gasteiger partial charge in [-0.15, -0.1) is 11.6 Å². The van der Waals surface area contributed by atoms with E-state index in [1.54, 1.807) is 0 Å². The SMILES string of the molecule is FC(F)(F)c1ccc(-c2ccccc2CCl)cc1. The first kappa shape index (κ1) is 13.0. The zero-order chi connectivity index (χ0) is 13.2. The maximum atomic E-state index is 12.4. The molecule has 0 heterocycles. The molecule has 0 N–H and O–H groups in total. The fourth-order valence-corrected chi connectivity index (χ4v) is 1.99. The van der Waals surface area contributed by atoms with E-state index in [2.05, 4.69) is 0 Å². The number of rotatable bonds is 2. The third-order valence-electron chi connectivity index (χ3n) is 2.68. The number of halogens is 4. The van der Waals surface area contributed by atoms with Crippen molar-refractivity contribution in [3.05, 3.63) is 59.7 Å².